The monoisotopic (exact) mass is 468 g/mol. The van der Waals surface area contributed by atoms with Crippen molar-refractivity contribution < 1.29 is 37.0 Å². The molecule has 1 amide bonds. The molecule has 10 nitrogen and oxygen atoms in total. The quantitative estimate of drug-likeness (QED) is 0.290. The van der Waals surface area contributed by atoms with E-state index in [0.29, 0.717) is 18.7 Å². The zero-order chi connectivity index (χ0) is 23.9. The fourth-order valence-electron chi connectivity index (χ4n) is 3.02. The smallest absolute Gasteiger partial charge is 0.346 e. The lowest BCUT2D eigenvalue weighted by Gasteiger charge is -2.16. The SMILES string of the molecule is CCNS(=O)(=O)c1ccc(OCC(=O)OCO)c2oc(C(C)=CC(=O)N(CC)CC)cc12. The number of nitrogens with zero attached hydrogens (tertiary/aromatic N) is 1. The van der Waals surface area contributed by atoms with Crippen molar-refractivity contribution in [3.63, 3.8) is 0 Å². The van der Waals surface area contributed by atoms with Crippen LogP contribution >= 0.6 is 0 Å². The molecule has 1 aromatic carbocycles. The predicted molar refractivity (Wildman–Crippen MR) is 117 cm³/mol. The molecule has 2 aromatic rings. The lowest BCUT2D eigenvalue weighted by Crippen LogP contribution is -2.28. The van der Waals surface area contributed by atoms with Crippen molar-refractivity contribution in [1.29, 1.82) is 0 Å². The number of allylic oxidation sites excluding steroid dienone is 1. The van der Waals surface area contributed by atoms with Crippen molar-refractivity contribution in [2.45, 2.75) is 32.6 Å². The highest BCUT2D eigenvalue weighted by Crippen LogP contribution is 2.36. The van der Waals surface area contributed by atoms with Gasteiger partial charge in [-0.05, 0) is 44.5 Å². The van der Waals surface area contributed by atoms with Gasteiger partial charge >= 0.3 is 5.97 Å². The summed E-state index contributed by atoms with van der Waals surface area (Å²) in [6.45, 7) is 7.06. The van der Waals surface area contributed by atoms with Crippen LogP contribution in [0.15, 0.2) is 33.6 Å². The zero-order valence-corrected chi connectivity index (χ0v) is 19.3. The van der Waals surface area contributed by atoms with E-state index in [4.69, 9.17) is 14.3 Å². The van der Waals surface area contributed by atoms with Crippen LogP contribution in [0.1, 0.15) is 33.5 Å². The van der Waals surface area contributed by atoms with Crippen molar-refractivity contribution in [2.24, 2.45) is 0 Å². The summed E-state index contributed by atoms with van der Waals surface area (Å²) < 4.78 is 43.5. The van der Waals surface area contributed by atoms with E-state index in [1.807, 2.05) is 13.8 Å². The Morgan fingerprint density at radius 2 is 1.91 bits per heavy atom. The van der Waals surface area contributed by atoms with Gasteiger partial charge in [-0.1, -0.05) is 6.92 Å². The van der Waals surface area contributed by atoms with Gasteiger partial charge in [0, 0.05) is 31.1 Å². The number of likely N-dealkylation sites (N-methyl/N-ethyl adjacent to an activating group) is 1. The maximum absolute atomic E-state index is 12.7. The first-order chi connectivity index (χ1) is 15.2. The molecule has 0 aliphatic rings. The fraction of sp³-hybridized carbons (Fsp3) is 0.429. The lowest BCUT2D eigenvalue weighted by molar-refractivity contribution is -0.154. The maximum Gasteiger partial charge on any atom is 0.346 e. The summed E-state index contributed by atoms with van der Waals surface area (Å²) in [5.74, 6) is -0.615. The third kappa shape index (κ3) is 5.87. The minimum Gasteiger partial charge on any atom is -0.478 e. The Labute approximate surface area is 186 Å². The van der Waals surface area contributed by atoms with Crippen LogP contribution < -0.4 is 9.46 Å². The number of hydrogen-bond donors (Lipinski definition) is 2. The average Bonchev–Trinajstić information content (AvgIpc) is 3.18. The second kappa shape index (κ2) is 11.1. The van der Waals surface area contributed by atoms with E-state index in [0.717, 1.165) is 0 Å². The predicted octanol–water partition coefficient (Wildman–Crippen LogP) is 1.87. The molecule has 0 saturated heterocycles. The standard InChI is InChI=1S/C21H28N2O8S/c1-5-22-32(27,28)18-9-8-16(29-12-20(26)30-13-24)21-15(18)11-17(31-21)14(4)10-19(25)23(6-2)7-3/h8-11,22,24H,5-7,12-13H2,1-4H3. The number of carbonyl (C=O) groups is 2. The van der Waals surface area contributed by atoms with Gasteiger partial charge in [-0.2, -0.15) is 0 Å². The van der Waals surface area contributed by atoms with Gasteiger partial charge < -0.3 is 23.9 Å². The zero-order valence-electron chi connectivity index (χ0n) is 18.5. The largest absolute Gasteiger partial charge is 0.478 e. The molecule has 0 unspecified atom stereocenters. The Balaban J connectivity index is 2.56. The van der Waals surface area contributed by atoms with Gasteiger partial charge in [-0.25, -0.2) is 17.9 Å². The fourth-order valence-corrected chi connectivity index (χ4v) is 4.24. The number of hydrogen-bond acceptors (Lipinski definition) is 8. The van der Waals surface area contributed by atoms with Crippen molar-refractivity contribution in [1.82, 2.24) is 9.62 Å². The molecule has 0 aliphatic heterocycles. The second-order valence-electron chi connectivity index (χ2n) is 6.69. The summed E-state index contributed by atoms with van der Waals surface area (Å²) in [4.78, 5) is 25.6. The van der Waals surface area contributed by atoms with Crippen molar-refractivity contribution in [2.75, 3.05) is 33.0 Å². The molecular weight excluding hydrogens is 440 g/mol. The van der Waals surface area contributed by atoms with Gasteiger partial charge in [0.1, 0.15) is 5.76 Å². The molecule has 1 heterocycles. The highest BCUT2D eigenvalue weighted by Gasteiger charge is 2.23. The van der Waals surface area contributed by atoms with Crippen LogP contribution in [0.25, 0.3) is 16.5 Å². The topological polar surface area (TPSA) is 135 Å². The van der Waals surface area contributed by atoms with Gasteiger partial charge in [0.25, 0.3) is 0 Å². The highest BCUT2D eigenvalue weighted by molar-refractivity contribution is 7.89. The molecule has 0 spiro atoms. The number of fused-ring (bicyclic) bond motifs is 1. The van der Waals surface area contributed by atoms with Crippen molar-refractivity contribution in [3.05, 3.63) is 30.0 Å². The van der Waals surface area contributed by atoms with Gasteiger partial charge in [0.2, 0.25) is 15.9 Å². The molecule has 1 aromatic heterocycles. The Hall–Kier alpha value is -2.89. The van der Waals surface area contributed by atoms with E-state index in [2.05, 4.69) is 9.46 Å². The number of amides is 1. The summed E-state index contributed by atoms with van der Waals surface area (Å²) >= 11 is 0. The van der Waals surface area contributed by atoms with E-state index in [1.165, 1.54) is 24.3 Å². The first-order valence-corrected chi connectivity index (χ1v) is 11.6. The molecule has 32 heavy (non-hydrogen) atoms. The number of benzene rings is 1. The van der Waals surface area contributed by atoms with E-state index < -0.39 is 29.4 Å². The molecule has 0 radical (unpaired) electrons. The van der Waals surface area contributed by atoms with Crippen LogP contribution in [0, 0.1) is 0 Å². The molecule has 0 fully saturated rings. The number of sulfonamides is 1. The van der Waals surface area contributed by atoms with Crippen molar-refractivity contribution >= 4 is 38.4 Å². The molecule has 0 bridgehead atoms. The number of ether oxygens (including phenoxy) is 2. The Kier molecular flexibility index (Phi) is 8.81. The number of rotatable bonds is 11. The Morgan fingerprint density at radius 3 is 2.50 bits per heavy atom. The third-order valence-corrected chi connectivity index (χ3v) is 6.21. The highest BCUT2D eigenvalue weighted by atomic mass is 32.2. The summed E-state index contributed by atoms with van der Waals surface area (Å²) in [5.41, 5.74) is 0.592. The summed E-state index contributed by atoms with van der Waals surface area (Å²) in [6.07, 6.45) is 1.42. The number of carbonyl (C=O) groups excluding carboxylic acids is 2. The summed E-state index contributed by atoms with van der Waals surface area (Å²) in [7, 11) is -3.84. The summed E-state index contributed by atoms with van der Waals surface area (Å²) in [6, 6.07) is 4.22. The minimum atomic E-state index is -3.84. The number of aliphatic hydroxyl groups is 1. The molecule has 2 N–H and O–H groups in total. The van der Waals surface area contributed by atoms with E-state index in [1.54, 1.807) is 18.7 Å². The third-order valence-electron chi connectivity index (χ3n) is 4.61. The van der Waals surface area contributed by atoms with E-state index in [-0.39, 0.29) is 39.8 Å². The van der Waals surface area contributed by atoms with Crippen LogP contribution in [-0.2, 0) is 24.3 Å². The first kappa shape index (κ1) is 25.4. The molecule has 2 rings (SSSR count). The van der Waals surface area contributed by atoms with Crippen LogP contribution in [-0.4, -0.2) is 63.3 Å². The Bertz CT molecular complexity index is 1100. The molecule has 11 heteroatoms. The van der Waals surface area contributed by atoms with Crippen LogP contribution in [0.2, 0.25) is 0 Å². The molecular formula is C21H28N2O8S. The van der Waals surface area contributed by atoms with E-state index in [9.17, 15) is 18.0 Å². The number of nitrogens with one attached hydrogen (secondary N) is 1. The number of furan rings is 1. The van der Waals surface area contributed by atoms with Gasteiger partial charge in [0.15, 0.2) is 24.7 Å². The van der Waals surface area contributed by atoms with E-state index >= 15 is 0 Å². The van der Waals surface area contributed by atoms with Crippen LogP contribution in [0.4, 0.5) is 0 Å². The summed E-state index contributed by atoms with van der Waals surface area (Å²) in [5, 5.41) is 8.90. The molecule has 0 atom stereocenters. The average molecular weight is 469 g/mol. The minimum absolute atomic E-state index is 0.0301. The normalized spacial score (nSPS) is 12.1. The second-order valence-corrected chi connectivity index (χ2v) is 8.42. The van der Waals surface area contributed by atoms with Crippen LogP contribution in [0.3, 0.4) is 0 Å². The molecule has 0 saturated carbocycles. The number of esters is 1. The Morgan fingerprint density at radius 1 is 1.22 bits per heavy atom. The van der Waals surface area contributed by atoms with Gasteiger partial charge in [-0.15, -0.1) is 0 Å². The van der Waals surface area contributed by atoms with Crippen molar-refractivity contribution in [3.8, 4) is 5.75 Å². The molecule has 0 aliphatic carbocycles. The lowest BCUT2D eigenvalue weighted by atomic mass is 10.2. The maximum atomic E-state index is 12.7. The number of aliphatic hydroxyl groups excluding tert-OH is 1. The molecule has 176 valence electrons. The van der Waals surface area contributed by atoms with Crippen LogP contribution in [0.5, 0.6) is 5.75 Å². The van der Waals surface area contributed by atoms with Gasteiger partial charge in [-0.3, -0.25) is 4.79 Å². The van der Waals surface area contributed by atoms with Gasteiger partial charge in [0.05, 0.1) is 4.90 Å². The first-order valence-electron chi connectivity index (χ1n) is 10.1.